The lowest BCUT2D eigenvalue weighted by molar-refractivity contribution is 0.526. The number of rotatable bonds is 16. The van der Waals surface area contributed by atoms with Gasteiger partial charge in [0.05, 0.1) is 17.1 Å². The van der Waals surface area contributed by atoms with Crippen molar-refractivity contribution < 1.29 is 0 Å². The smallest absolute Gasteiger partial charge is 0.147 e. The number of nitriles is 2. The maximum atomic E-state index is 8.91. The molecule has 0 spiro atoms. The molecule has 4 heteroatoms. The molecule has 0 aliphatic carbocycles. The fourth-order valence-electron chi connectivity index (χ4n) is 4.27. The van der Waals surface area contributed by atoms with Crippen LogP contribution < -0.4 is 5.36 Å². The van der Waals surface area contributed by atoms with Crippen LogP contribution in [0.2, 0.25) is 0 Å². The summed E-state index contributed by atoms with van der Waals surface area (Å²) in [5.74, 6) is 0. The third-order valence-corrected chi connectivity index (χ3v) is 6.23. The molecule has 0 amide bonds. The molecule has 2 rings (SSSR count). The summed E-state index contributed by atoms with van der Waals surface area (Å²) in [4.78, 5) is 4.37. The van der Waals surface area contributed by atoms with Gasteiger partial charge in [-0.2, -0.15) is 10.5 Å². The Morgan fingerprint density at radius 1 is 0.788 bits per heavy atom. The van der Waals surface area contributed by atoms with Crippen molar-refractivity contribution in [3.8, 4) is 12.1 Å². The second-order valence-corrected chi connectivity index (χ2v) is 8.90. The van der Waals surface area contributed by atoms with E-state index in [2.05, 4.69) is 28.7 Å². The molecular formula is C29H40N4. The predicted molar refractivity (Wildman–Crippen MR) is 137 cm³/mol. The van der Waals surface area contributed by atoms with Crippen molar-refractivity contribution in [2.75, 3.05) is 0 Å². The van der Waals surface area contributed by atoms with Crippen molar-refractivity contribution in [1.29, 1.82) is 10.5 Å². The first-order chi connectivity index (χ1) is 16.3. The van der Waals surface area contributed by atoms with Gasteiger partial charge >= 0.3 is 0 Å². The number of pyridine rings is 1. The maximum absolute atomic E-state index is 8.91. The van der Waals surface area contributed by atoms with Gasteiger partial charge in [-0.15, -0.1) is 0 Å². The van der Waals surface area contributed by atoms with Crippen LogP contribution in [0.25, 0.3) is 10.9 Å². The van der Waals surface area contributed by atoms with E-state index in [9.17, 15) is 0 Å². The standard InChI is InChI=1S/C29H40N4/c1-2-3-4-5-6-7-8-9-10-11-12-13-14-17-21-33-22-20-28(32-25-26(23-30)24-31)27-18-15-16-19-29(27)33/h15-16,18-20,22,25H,2-14,17,21H2,1H3. The summed E-state index contributed by atoms with van der Waals surface area (Å²) in [6.07, 6.45) is 22.6. The number of allylic oxidation sites excluding steroid dienone is 1. The molecule has 0 unspecified atom stereocenters. The highest BCUT2D eigenvalue weighted by molar-refractivity contribution is 5.78. The fraction of sp³-hybridized carbons (Fsp3) is 0.552. The van der Waals surface area contributed by atoms with Crippen LogP contribution in [0.5, 0.6) is 0 Å². The minimum absolute atomic E-state index is 0.0122. The maximum Gasteiger partial charge on any atom is 0.147 e. The quantitative estimate of drug-likeness (QED) is 0.195. The average Bonchev–Trinajstić information content (AvgIpc) is 2.85. The summed E-state index contributed by atoms with van der Waals surface area (Å²) in [6.45, 7) is 3.28. The Hall–Kier alpha value is -2.85. The zero-order chi connectivity index (χ0) is 23.6. The van der Waals surface area contributed by atoms with Crippen molar-refractivity contribution in [2.24, 2.45) is 4.99 Å². The monoisotopic (exact) mass is 444 g/mol. The van der Waals surface area contributed by atoms with E-state index in [1.165, 1.54) is 96.1 Å². The van der Waals surface area contributed by atoms with E-state index >= 15 is 0 Å². The van der Waals surface area contributed by atoms with Gasteiger partial charge in [-0.3, -0.25) is 4.99 Å². The molecule has 0 bridgehead atoms. The number of unbranched alkanes of at least 4 members (excludes halogenated alkanes) is 13. The molecule has 0 aliphatic rings. The normalized spacial score (nSPS) is 11.3. The van der Waals surface area contributed by atoms with E-state index < -0.39 is 0 Å². The number of aromatic nitrogens is 1. The average molecular weight is 445 g/mol. The second kappa shape index (κ2) is 16.7. The van der Waals surface area contributed by atoms with Crippen molar-refractivity contribution in [3.05, 3.63) is 53.7 Å². The van der Waals surface area contributed by atoms with Crippen LogP contribution in [0, 0.1) is 22.7 Å². The van der Waals surface area contributed by atoms with E-state index in [4.69, 9.17) is 10.5 Å². The number of para-hydroxylation sites is 1. The molecule has 0 radical (unpaired) electrons. The van der Waals surface area contributed by atoms with Gasteiger partial charge in [0.2, 0.25) is 0 Å². The molecule has 2 aromatic rings. The summed E-state index contributed by atoms with van der Waals surface area (Å²) < 4.78 is 2.29. The third kappa shape index (κ3) is 10.1. The van der Waals surface area contributed by atoms with Crippen molar-refractivity contribution in [3.63, 3.8) is 0 Å². The van der Waals surface area contributed by atoms with Crippen LogP contribution in [0.15, 0.2) is 53.3 Å². The van der Waals surface area contributed by atoms with Gasteiger partial charge in [0.15, 0.2) is 0 Å². The Kier molecular flexibility index (Phi) is 13.4. The van der Waals surface area contributed by atoms with E-state index in [-0.39, 0.29) is 5.57 Å². The van der Waals surface area contributed by atoms with Crippen LogP contribution in [-0.2, 0) is 6.54 Å². The van der Waals surface area contributed by atoms with E-state index in [0.29, 0.717) is 0 Å². The van der Waals surface area contributed by atoms with Gasteiger partial charge in [0.1, 0.15) is 17.7 Å². The highest BCUT2D eigenvalue weighted by Gasteiger charge is 2.01. The highest BCUT2D eigenvalue weighted by atomic mass is 14.9. The summed E-state index contributed by atoms with van der Waals surface area (Å²) >= 11 is 0. The highest BCUT2D eigenvalue weighted by Crippen LogP contribution is 2.15. The summed E-state index contributed by atoms with van der Waals surface area (Å²) in [5, 5.41) is 19.6. The van der Waals surface area contributed by atoms with Crippen LogP contribution in [-0.4, -0.2) is 4.57 Å². The largest absolute Gasteiger partial charge is 0.347 e. The van der Waals surface area contributed by atoms with Gasteiger partial charge < -0.3 is 4.57 Å². The Morgan fingerprint density at radius 3 is 1.91 bits per heavy atom. The lowest BCUT2D eigenvalue weighted by Crippen LogP contribution is -2.09. The topological polar surface area (TPSA) is 64.9 Å². The molecule has 0 atom stereocenters. The number of fused-ring (bicyclic) bond motifs is 1. The van der Waals surface area contributed by atoms with Gasteiger partial charge in [-0.25, -0.2) is 0 Å². The van der Waals surface area contributed by atoms with Crippen LogP contribution in [0.3, 0.4) is 0 Å². The van der Waals surface area contributed by atoms with Crippen LogP contribution in [0.1, 0.15) is 96.8 Å². The SMILES string of the molecule is CCCCCCCCCCCCCCCCn1ccc(=NC=C(C#N)C#N)c2ccccc21. The predicted octanol–water partition coefficient (Wildman–Crippen LogP) is 7.95. The van der Waals surface area contributed by atoms with Gasteiger partial charge in [-0.1, -0.05) is 109 Å². The molecule has 0 saturated heterocycles. The molecule has 0 saturated carbocycles. The van der Waals surface area contributed by atoms with Gasteiger partial charge in [0.25, 0.3) is 0 Å². The summed E-state index contributed by atoms with van der Waals surface area (Å²) in [6, 6.07) is 13.9. The molecule has 0 N–H and O–H groups in total. The van der Waals surface area contributed by atoms with Crippen LogP contribution >= 0.6 is 0 Å². The lowest BCUT2D eigenvalue weighted by atomic mass is 10.0. The Bertz CT molecular complexity index is 985. The zero-order valence-corrected chi connectivity index (χ0v) is 20.4. The molecule has 0 aliphatic heterocycles. The Morgan fingerprint density at radius 2 is 1.33 bits per heavy atom. The number of benzene rings is 1. The molecule has 0 fully saturated rings. The molecule has 1 heterocycles. The molecule has 1 aromatic heterocycles. The second-order valence-electron chi connectivity index (χ2n) is 8.90. The molecule has 4 nitrogen and oxygen atoms in total. The number of nitrogens with zero attached hydrogens (tertiary/aromatic N) is 4. The Labute approximate surface area is 200 Å². The summed E-state index contributed by atoms with van der Waals surface area (Å²) in [5.41, 5.74) is 1.15. The number of aryl methyl sites for hydroxylation is 1. The third-order valence-electron chi connectivity index (χ3n) is 6.23. The summed E-state index contributed by atoms with van der Waals surface area (Å²) in [7, 11) is 0. The molecule has 176 valence electrons. The van der Waals surface area contributed by atoms with Crippen molar-refractivity contribution in [2.45, 2.75) is 103 Å². The zero-order valence-electron chi connectivity index (χ0n) is 20.4. The molecular weight excluding hydrogens is 404 g/mol. The number of hydrogen-bond acceptors (Lipinski definition) is 3. The van der Waals surface area contributed by atoms with Gasteiger partial charge in [0, 0.05) is 18.1 Å². The molecule has 33 heavy (non-hydrogen) atoms. The minimum Gasteiger partial charge on any atom is -0.347 e. The van der Waals surface area contributed by atoms with E-state index in [0.717, 1.165) is 22.8 Å². The van der Waals surface area contributed by atoms with Crippen molar-refractivity contribution >= 4 is 10.9 Å². The van der Waals surface area contributed by atoms with E-state index in [1.54, 1.807) is 0 Å². The Balaban J connectivity index is 1.69. The first kappa shape index (κ1) is 26.4. The minimum atomic E-state index is 0.0122. The first-order valence-corrected chi connectivity index (χ1v) is 12.9. The van der Waals surface area contributed by atoms with Crippen molar-refractivity contribution in [1.82, 2.24) is 4.57 Å². The fourth-order valence-corrected chi connectivity index (χ4v) is 4.27. The lowest BCUT2D eigenvalue weighted by Gasteiger charge is -2.11. The number of hydrogen-bond donors (Lipinski definition) is 0. The molecule has 1 aromatic carbocycles. The van der Waals surface area contributed by atoms with Gasteiger partial charge in [-0.05, 0) is 18.6 Å². The van der Waals surface area contributed by atoms with Crippen LogP contribution in [0.4, 0.5) is 0 Å². The first-order valence-electron chi connectivity index (χ1n) is 12.9. The van der Waals surface area contributed by atoms with E-state index in [1.807, 2.05) is 36.4 Å².